The number of halogens is 1. The highest BCUT2D eigenvalue weighted by atomic mass is 19.1. The van der Waals surface area contributed by atoms with Crippen molar-refractivity contribution in [1.29, 1.82) is 0 Å². The summed E-state index contributed by atoms with van der Waals surface area (Å²) in [6.07, 6.45) is 0.902. The Labute approximate surface area is 112 Å². The number of para-hydroxylation sites is 1. The molecule has 0 aliphatic heterocycles. The Morgan fingerprint density at radius 3 is 2.42 bits per heavy atom. The van der Waals surface area contributed by atoms with E-state index in [1.54, 1.807) is 24.3 Å². The van der Waals surface area contributed by atoms with Gasteiger partial charge in [0.15, 0.2) is 0 Å². The van der Waals surface area contributed by atoms with Gasteiger partial charge < -0.3 is 10.4 Å². The van der Waals surface area contributed by atoms with Crippen molar-refractivity contribution in [3.8, 4) is 5.75 Å². The Hall–Kier alpha value is -1.87. The van der Waals surface area contributed by atoms with Gasteiger partial charge in [0.1, 0.15) is 11.6 Å². The van der Waals surface area contributed by atoms with Crippen LogP contribution in [0.25, 0.3) is 0 Å². The second-order valence-corrected chi connectivity index (χ2v) is 4.52. The molecule has 0 radical (unpaired) electrons. The number of hydrogen-bond donors (Lipinski definition) is 2. The van der Waals surface area contributed by atoms with E-state index in [0.29, 0.717) is 12.3 Å². The van der Waals surface area contributed by atoms with Crippen LogP contribution in [0.15, 0.2) is 48.5 Å². The smallest absolute Gasteiger partial charge is 0.123 e. The fourth-order valence-electron chi connectivity index (χ4n) is 2.09. The first-order valence-electron chi connectivity index (χ1n) is 6.46. The van der Waals surface area contributed by atoms with Crippen molar-refractivity contribution >= 4 is 0 Å². The maximum Gasteiger partial charge on any atom is 0.123 e. The lowest BCUT2D eigenvalue weighted by molar-refractivity contribution is 0.455. The lowest BCUT2D eigenvalue weighted by Gasteiger charge is -2.18. The Morgan fingerprint density at radius 1 is 1.11 bits per heavy atom. The van der Waals surface area contributed by atoms with Crippen molar-refractivity contribution in [3.63, 3.8) is 0 Å². The molecule has 0 amide bonds. The Balaban J connectivity index is 2.04. The maximum atomic E-state index is 12.9. The number of hydrogen-bond acceptors (Lipinski definition) is 2. The quantitative estimate of drug-likeness (QED) is 0.856. The highest BCUT2D eigenvalue weighted by Crippen LogP contribution is 2.20. The standard InChI is InChI=1S/C16H18FNO/c1-2-15(12-7-9-14(17)10-8-12)18-11-13-5-3-4-6-16(13)19/h3-10,15,18-19H,2,11H2,1H3. The van der Waals surface area contributed by atoms with E-state index >= 15 is 0 Å². The Morgan fingerprint density at radius 2 is 1.79 bits per heavy atom. The molecule has 3 heteroatoms. The molecule has 0 saturated heterocycles. The molecule has 0 fully saturated rings. The number of phenols is 1. The second-order valence-electron chi connectivity index (χ2n) is 4.52. The molecular weight excluding hydrogens is 241 g/mol. The molecule has 0 aliphatic carbocycles. The third kappa shape index (κ3) is 3.55. The predicted molar refractivity (Wildman–Crippen MR) is 74.4 cm³/mol. The van der Waals surface area contributed by atoms with Crippen molar-refractivity contribution in [2.45, 2.75) is 25.9 Å². The molecule has 2 nitrogen and oxygen atoms in total. The minimum absolute atomic E-state index is 0.153. The minimum atomic E-state index is -0.223. The fraction of sp³-hybridized carbons (Fsp3) is 0.250. The molecule has 1 atom stereocenters. The van der Waals surface area contributed by atoms with Crippen LogP contribution in [0.2, 0.25) is 0 Å². The van der Waals surface area contributed by atoms with Crippen LogP contribution in [0.4, 0.5) is 4.39 Å². The number of rotatable bonds is 5. The van der Waals surface area contributed by atoms with Gasteiger partial charge in [-0.15, -0.1) is 0 Å². The van der Waals surface area contributed by atoms with Crippen LogP contribution < -0.4 is 5.32 Å². The van der Waals surface area contributed by atoms with Gasteiger partial charge in [-0.2, -0.15) is 0 Å². The van der Waals surface area contributed by atoms with Crippen LogP contribution >= 0.6 is 0 Å². The first-order valence-corrected chi connectivity index (χ1v) is 6.46. The normalized spacial score (nSPS) is 12.3. The average molecular weight is 259 g/mol. The van der Waals surface area contributed by atoms with E-state index in [2.05, 4.69) is 12.2 Å². The molecule has 100 valence electrons. The largest absolute Gasteiger partial charge is 0.508 e. The molecule has 2 N–H and O–H groups in total. The molecule has 0 aliphatic rings. The highest BCUT2D eigenvalue weighted by Gasteiger charge is 2.09. The number of aromatic hydroxyl groups is 1. The lowest BCUT2D eigenvalue weighted by atomic mass is 10.0. The molecule has 0 saturated carbocycles. The maximum absolute atomic E-state index is 12.9. The lowest BCUT2D eigenvalue weighted by Crippen LogP contribution is -2.20. The van der Waals surface area contributed by atoms with Crippen LogP contribution in [0.1, 0.15) is 30.5 Å². The molecule has 0 spiro atoms. The first-order chi connectivity index (χ1) is 9.20. The summed E-state index contributed by atoms with van der Waals surface area (Å²) in [4.78, 5) is 0. The molecular formula is C16H18FNO. The van der Waals surface area contributed by atoms with Crippen molar-refractivity contribution in [3.05, 3.63) is 65.5 Å². The molecule has 0 heterocycles. The zero-order valence-corrected chi connectivity index (χ0v) is 10.9. The minimum Gasteiger partial charge on any atom is -0.508 e. The summed E-state index contributed by atoms with van der Waals surface area (Å²) in [5, 5.41) is 13.1. The van der Waals surface area contributed by atoms with Gasteiger partial charge in [0, 0.05) is 18.2 Å². The molecule has 1 unspecified atom stereocenters. The molecule has 19 heavy (non-hydrogen) atoms. The van der Waals surface area contributed by atoms with Crippen molar-refractivity contribution in [1.82, 2.24) is 5.32 Å². The first kappa shape index (κ1) is 13.6. The molecule has 2 rings (SSSR count). The average Bonchev–Trinajstić information content (AvgIpc) is 2.43. The van der Waals surface area contributed by atoms with Crippen LogP contribution in [0.5, 0.6) is 5.75 Å². The Kier molecular flexibility index (Phi) is 4.53. The third-order valence-electron chi connectivity index (χ3n) is 3.21. The van der Waals surface area contributed by atoms with Crippen LogP contribution in [-0.4, -0.2) is 5.11 Å². The van der Waals surface area contributed by atoms with E-state index in [4.69, 9.17) is 0 Å². The third-order valence-corrected chi connectivity index (χ3v) is 3.21. The summed E-state index contributed by atoms with van der Waals surface area (Å²) in [5.74, 6) is 0.0725. The second kappa shape index (κ2) is 6.34. The zero-order chi connectivity index (χ0) is 13.7. The van der Waals surface area contributed by atoms with E-state index in [9.17, 15) is 9.50 Å². The van der Waals surface area contributed by atoms with Crippen molar-refractivity contribution in [2.24, 2.45) is 0 Å². The number of phenolic OH excluding ortho intramolecular Hbond substituents is 1. The van der Waals surface area contributed by atoms with Crippen molar-refractivity contribution in [2.75, 3.05) is 0 Å². The van der Waals surface area contributed by atoms with Gasteiger partial charge in [-0.25, -0.2) is 4.39 Å². The van der Waals surface area contributed by atoms with E-state index in [1.165, 1.54) is 12.1 Å². The molecule has 0 aromatic heterocycles. The number of benzene rings is 2. The van der Waals surface area contributed by atoms with E-state index in [1.807, 2.05) is 12.1 Å². The van der Waals surface area contributed by atoms with E-state index in [0.717, 1.165) is 17.5 Å². The summed E-state index contributed by atoms with van der Waals surface area (Å²) in [6, 6.07) is 13.9. The SMILES string of the molecule is CCC(NCc1ccccc1O)c1ccc(F)cc1. The fourth-order valence-corrected chi connectivity index (χ4v) is 2.09. The molecule has 2 aromatic carbocycles. The summed E-state index contributed by atoms with van der Waals surface area (Å²) >= 11 is 0. The topological polar surface area (TPSA) is 32.3 Å². The van der Waals surface area contributed by atoms with E-state index in [-0.39, 0.29) is 11.9 Å². The van der Waals surface area contributed by atoms with Gasteiger partial charge in [-0.3, -0.25) is 0 Å². The Bertz CT molecular complexity index is 525. The van der Waals surface area contributed by atoms with Gasteiger partial charge in [-0.1, -0.05) is 37.3 Å². The predicted octanol–water partition coefficient (Wildman–Crippen LogP) is 3.77. The summed E-state index contributed by atoms with van der Waals surface area (Å²) in [5.41, 5.74) is 1.92. The zero-order valence-electron chi connectivity index (χ0n) is 10.9. The van der Waals surface area contributed by atoms with Crippen LogP contribution in [0.3, 0.4) is 0 Å². The van der Waals surface area contributed by atoms with Gasteiger partial charge in [0.2, 0.25) is 0 Å². The highest BCUT2D eigenvalue weighted by molar-refractivity contribution is 5.31. The summed E-state index contributed by atoms with van der Waals surface area (Å²) in [7, 11) is 0. The van der Waals surface area contributed by atoms with Crippen molar-refractivity contribution < 1.29 is 9.50 Å². The summed E-state index contributed by atoms with van der Waals surface area (Å²) < 4.78 is 12.9. The molecule has 0 bridgehead atoms. The molecule has 2 aromatic rings. The number of nitrogens with one attached hydrogen (secondary N) is 1. The van der Waals surface area contributed by atoms with Gasteiger partial charge in [0.05, 0.1) is 0 Å². The van der Waals surface area contributed by atoms with Crippen LogP contribution in [0, 0.1) is 5.82 Å². The van der Waals surface area contributed by atoms with Gasteiger partial charge in [-0.05, 0) is 30.2 Å². The van der Waals surface area contributed by atoms with Crippen LogP contribution in [-0.2, 0) is 6.54 Å². The summed E-state index contributed by atoms with van der Waals surface area (Å²) in [6.45, 7) is 2.66. The van der Waals surface area contributed by atoms with Gasteiger partial charge >= 0.3 is 0 Å². The van der Waals surface area contributed by atoms with Gasteiger partial charge in [0.25, 0.3) is 0 Å². The monoisotopic (exact) mass is 259 g/mol. The van der Waals surface area contributed by atoms with E-state index < -0.39 is 0 Å².